The maximum atomic E-state index is 7.50. The summed E-state index contributed by atoms with van der Waals surface area (Å²) in [5, 5.41) is 0. The van der Waals surface area contributed by atoms with Crippen LogP contribution in [-0.2, 0) is 31.0 Å². The predicted octanol–water partition coefficient (Wildman–Crippen LogP) is 2.19. The van der Waals surface area contributed by atoms with E-state index in [1.54, 1.807) is 6.08 Å². The average Bonchev–Trinajstić information content (AvgIpc) is 2.27. The zero-order valence-electron chi connectivity index (χ0n) is 7.67. The second-order valence-corrected chi connectivity index (χ2v) is 1.15. The quantitative estimate of drug-likeness (QED) is 0.304. The van der Waals surface area contributed by atoms with Crippen molar-refractivity contribution >= 4 is 0 Å². The third kappa shape index (κ3) is 124. The van der Waals surface area contributed by atoms with Gasteiger partial charge in [0.25, 0.3) is 0 Å². The van der Waals surface area contributed by atoms with Crippen LogP contribution in [0, 0.1) is 20.0 Å². The van der Waals surface area contributed by atoms with Crippen molar-refractivity contribution in [2.75, 3.05) is 0 Å². The Morgan fingerprint density at radius 1 is 0.857 bits per heavy atom. The predicted molar refractivity (Wildman–Crippen MR) is 45.9 cm³/mol. The standard InChI is InChI=1S/C7H10.3CO.Fe/c1-3-5-7-6-4-2;3*1-2;/h3-7H,1H2,2H3;;;;/b6-4+,7-5+;;;;. The van der Waals surface area contributed by atoms with Gasteiger partial charge < -0.3 is 0 Å². The minimum atomic E-state index is 0. The molecule has 14 heavy (non-hydrogen) atoms. The van der Waals surface area contributed by atoms with E-state index in [0.717, 1.165) is 0 Å². The molecule has 0 N–H and O–H groups in total. The number of hydrogen-bond acceptors (Lipinski definition) is 0. The van der Waals surface area contributed by atoms with E-state index >= 15 is 0 Å². The molecule has 0 spiro atoms. The smallest absolute Gasteiger partial charge is 0 e. The second kappa shape index (κ2) is 91.6. The molecule has 0 aromatic rings. The van der Waals surface area contributed by atoms with Crippen LogP contribution in [0.2, 0.25) is 0 Å². The van der Waals surface area contributed by atoms with Gasteiger partial charge in [0.2, 0.25) is 0 Å². The molecule has 0 bridgehead atoms. The van der Waals surface area contributed by atoms with E-state index < -0.39 is 0 Å². The first-order valence-corrected chi connectivity index (χ1v) is 2.93. The van der Waals surface area contributed by atoms with Crippen LogP contribution in [0.1, 0.15) is 6.92 Å². The van der Waals surface area contributed by atoms with Crippen LogP contribution in [0.25, 0.3) is 0 Å². The van der Waals surface area contributed by atoms with Crippen molar-refractivity contribution < 1.29 is 31.0 Å². The van der Waals surface area contributed by atoms with E-state index in [2.05, 4.69) is 26.5 Å². The van der Waals surface area contributed by atoms with Gasteiger partial charge in [-0.15, -0.1) is 0 Å². The van der Waals surface area contributed by atoms with E-state index in [1.807, 2.05) is 31.2 Å². The van der Waals surface area contributed by atoms with Gasteiger partial charge in [-0.1, -0.05) is 37.0 Å². The molecule has 0 fully saturated rings. The van der Waals surface area contributed by atoms with Crippen LogP contribution in [0.4, 0.5) is 0 Å². The largest absolute Gasteiger partial charge is 0 e. The minimum absolute atomic E-state index is 0. The maximum absolute atomic E-state index is 7.50. The fourth-order valence-electron chi connectivity index (χ4n) is 0.254. The molecular formula is C10H10FeO3. The number of hydrogen-bond donors (Lipinski definition) is 0. The zero-order valence-corrected chi connectivity index (χ0v) is 8.78. The van der Waals surface area contributed by atoms with Gasteiger partial charge in [-0.3, -0.25) is 0 Å². The third-order valence-corrected chi connectivity index (χ3v) is 0.551. The molecule has 0 saturated heterocycles. The topological polar surface area (TPSA) is 59.7 Å². The molecule has 0 amide bonds. The summed E-state index contributed by atoms with van der Waals surface area (Å²) in [4.78, 5) is 0. The van der Waals surface area contributed by atoms with Gasteiger partial charge in [-0.05, 0) is 6.92 Å². The van der Waals surface area contributed by atoms with Crippen LogP contribution >= 0.6 is 0 Å². The van der Waals surface area contributed by atoms with Crippen LogP contribution < -0.4 is 0 Å². The van der Waals surface area contributed by atoms with Crippen molar-refractivity contribution in [3.05, 3.63) is 56.9 Å². The summed E-state index contributed by atoms with van der Waals surface area (Å²) < 4.78 is 22.5. The molecule has 0 radical (unpaired) electrons. The van der Waals surface area contributed by atoms with Crippen molar-refractivity contribution in [2.24, 2.45) is 0 Å². The average molecular weight is 234 g/mol. The van der Waals surface area contributed by atoms with Crippen molar-refractivity contribution in [3.63, 3.8) is 0 Å². The van der Waals surface area contributed by atoms with E-state index in [-0.39, 0.29) is 17.1 Å². The molecule has 76 valence electrons. The first-order valence-electron chi connectivity index (χ1n) is 2.93. The molecule has 4 heteroatoms. The molecular weight excluding hydrogens is 224 g/mol. The summed E-state index contributed by atoms with van der Waals surface area (Å²) >= 11 is 0. The first kappa shape index (κ1) is 29.3. The van der Waals surface area contributed by atoms with Crippen LogP contribution in [0.15, 0.2) is 37.0 Å². The summed E-state index contributed by atoms with van der Waals surface area (Å²) in [5.41, 5.74) is 0. The van der Waals surface area contributed by atoms with E-state index in [0.29, 0.717) is 0 Å². The Morgan fingerprint density at radius 2 is 1.21 bits per heavy atom. The van der Waals surface area contributed by atoms with Gasteiger partial charge in [0.05, 0.1) is 0 Å². The molecule has 0 aliphatic rings. The molecule has 3 nitrogen and oxygen atoms in total. The molecule has 0 aliphatic heterocycles. The molecule has 0 atom stereocenters. The maximum Gasteiger partial charge on any atom is 0 e. The Hall–Kier alpha value is -1.04. The Labute approximate surface area is 95.2 Å². The van der Waals surface area contributed by atoms with Gasteiger partial charge in [-0.2, -0.15) is 0 Å². The Balaban J connectivity index is -0.0000000332. The Kier molecular flexibility index (Phi) is 191. The van der Waals surface area contributed by atoms with Crippen molar-refractivity contribution in [1.82, 2.24) is 0 Å². The number of allylic oxidation sites excluding steroid dienone is 5. The van der Waals surface area contributed by atoms with Crippen LogP contribution in [0.3, 0.4) is 0 Å². The summed E-state index contributed by atoms with van der Waals surface area (Å²) in [7, 11) is 0. The molecule has 0 aromatic carbocycles. The van der Waals surface area contributed by atoms with Gasteiger partial charge in [0, 0.05) is 17.1 Å². The minimum Gasteiger partial charge on any atom is 0 e. The van der Waals surface area contributed by atoms with E-state index in [9.17, 15) is 0 Å². The van der Waals surface area contributed by atoms with Crippen LogP contribution in [0.5, 0.6) is 0 Å². The molecule has 0 aliphatic carbocycles. The summed E-state index contributed by atoms with van der Waals surface area (Å²) in [6.45, 7) is 19.0. The van der Waals surface area contributed by atoms with Gasteiger partial charge >= 0.3 is 33.9 Å². The number of rotatable bonds is 2. The van der Waals surface area contributed by atoms with Crippen molar-refractivity contribution in [2.45, 2.75) is 6.92 Å². The molecule has 0 unspecified atom stereocenters. The van der Waals surface area contributed by atoms with E-state index in [1.165, 1.54) is 0 Å². The fraction of sp³-hybridized carbons (Fsp3) is 0.100. The summed E-state index contributed by atoms with van der Waals surface area (Å²) in [6, 6.07) is 0. The second-order valence-electron chi connectivity index (χ2n) is 1.15. The monoisotopic (exact) mass is 234 g/mol. The first-order chi connectivity index (χ1) is 6.41. The van der Waals surface area contributed by atoms with E-state index in [4.69, 9.17) is 14.0 Å². The SMILES string of the molecule is C=C/C=C/C=C/C.[C-]#[O+].[C-]#[O+].[C-]#[O+].[Fe]. The van der Waals surface area contributed by atoms with Crippen LogP contribution in [-0.4, -0.2) is 0 Å². The molecule has 0 aromatic heterocycles. The van der Waals surface area contributed by atoms with Gasteiger partial charge in [0.15, 0.2) is 0 Å². The van der Waals surface area contributed by atoms with Gasteiger partial charge in [-0.25, -0.2) is 0 Å². The van der Waals surface area contributed by atoms with Gasteiger partial charge in [0.1, 0.15) is 0 Å². The van der Waals surface area contributed by atoms with Crippen molar-refractivity contribution in [3.8, 4) is 0 Å². The molecule has 0 rings (SSSR count). The summed E-state index contributed by atoms with van der Waals surface area (Å²) in [6.07, 6.45) is 9.51. The van der Waals surface area contributed by atoms with Crippen molar-refractivity contribution in [1.29, 1.82) is 0 Å². The third-order valence-electron chi connectivity index (χ3n) is 0.551. The fourth-order valence-corrected chi connectivity index (χ4v) is 0.254. The zero-order chi connectivity index (χ0) is 11.5. The Bertz CT molecular complexity index is 173. The molecule has 0 heterocycles. The normalized spacial score (nSPS) is 5.93. The Morgan fingerprint density at radius 3 is 1.43 bits per heavy atom. The summed E-state index contributed by atoms with van der Waals surface area (Å²) in [5.74, 6) is 0. The molecule has 0 saturated carbocycles.